The molecule has 0 radical (unpaired) electrons. The van der Waals surface area contributed by atoms with Crippen LogP contribution in [0.4, 0.5) is 4.79 Å². The Bertz CT molecular complexity index is 685. The van der Waals surface area contributed by atoms with E-state index in [1.54, 1.807) is 26.8 Å². The van der Waals surface area contributed by atoms with Crippen LogP contribution in [0.15, 0.2) is 35.9 Å². The molecule has 0 fully saturated rings. The number of rotatable bonds is 4. The maximum atomic E-state index is 11.5. The molecule has 1 aromatic rings. The zero-order valence-electron chi connectivity index (χ0n) is 15.4. The summed E-state index contributed by atoms with van der Waals surface area (Å²) in [7, 11) is 0. The first kappa shape index (κ1) is 20.3. The van der Waals surface area contributed by atoms with Crippen LogP contribution in [0.2, 0.25) is 0 Å². The van der Waals surface area contributed by atoms with Gasteiger partial charge in [0.25, 0.3) is 0 Å². The lowest BCUT2D eigenvalue weighted by molar-refractivity contribution is -0.141. The van der Waals surface area contributed by atoms with Gasteiger partial charge < -0.3 is 14.8 Å². The fourth-order valence-corrected chi connectivity index (χ4v) is 1.63. The first-order chi connectivity index (χ1) is 11.7. The Morgan fingerprint density at radius 3 is 2.44 bits per heavy atom. The van der Waals surface area contributed by atoms with Crippen LogP contribution in [0.5, 0.6) is 0 Å². The van der Waals surface area contributed by atoms with Gasteiger partial charge in [-0.1, -0.05) is 29.5 Å². The van der Waals surface area contributed by atoms with Gasteiger partial charge in [-0.05, 0) is 58.4 Å². The van der Waals surface area contributed by atoms with Crippen molar-refractivity contribution in [3.8, 4) is 11.8 Å². The monoisotopic (exact) mass is 343 g/mol. The van der Waals surface area contributed by atoms with Crippen molar-refractivity contribution in [1.29, 1.82) is 0 Å². The molecule has 0 saturated heterocycles. The minimum atomic E-state index is -0.653. The van der Waals surface area contributed by atoms with Crippen LogP contribution in [-0.2, 0) is 14.3 Å². The summed E-state index contributed by atoms with van der Waals surface area (Å²) < 4.78 is 10.0. The maximum absolute atomic E-state index is 11.5. The second kappa shape index (κ2) is 9.53. The molecule has 0 heterocycles. The van der Waals surface area contributed by atoms with Crippen molar-refractivity contribution in [1.82, 2.24) is 5.32 Å². The molecule has 1 N–H and O–H groups in total. The van der Waals surface area contributed by atoms with E-state index in [9.17, 15) is 9.59 Å². The molecule has 0 atom stereocenters. The third kappa shape index (κ3) is 9.87. The van der Waals surface area contributed by atoms with E-state index in [4.69, 9.17) is 9.47 Å². The Balaban J connectivity index is 2.35. The molecule has 5 heteroatoms. The first-order valence-corrected chi connectivity index (χ1v) is 8.03. The van der Waals surface area contributed by atoms with E-state index >= 15 is 0 Å². The topological polar surface area (TPSA) is 64.6 Å². The molecule has 0 aliphatic carbocycles. The number of nitrogens with one attached hydrogen (secondary N) is 1. The molecule has 0 saturated carbocycles. The van der Waals surface area contributed by atoms with Gasteiger partial charge in [0, 0.05) is 5.56 Å². The van der Waals surface area contributed by atoms with Crippen LogP contribution in [0, 0.1) is 18.8 Å². The van der Waals surface area contributed by atoms with Gasteiger partial charge in [-0.2, -0.15) is 0 Å². The number of carbonyl (C=O) groups is 2. The highest BCUT2D eigenvalue weighted by Gasteiger charge is 2.16. The lowest BCUT2D eigenvalue weighted by atomic mass is 10.1. The third-order valence-corrected chi connectivity index (χ3v) is 2.87. The fourth-order valence-electron chi connectivity index (χ4n) is 1.63. The summed E-state index contributed by atoms with van der Waals surface area (Å²) in [6, 6.07) is 7.92. The summed E-state index contributed by atoms with van der Waals surface area (Å²) in [6.45, 7) is 8.96. The number of allylic oxidation sites excluding steroid dienone is 1. The Morgan fingerprint density at radius 2 is 1.84 bits per heavy atom. The Kier molecular flexibility index (Phi) is 7.74. The smallest absolute Gasteiger partial charge is 0.408 e. The highest BCUT2D eigenvalue weighted by atomic mass is 16.6. The number of carbonyl (C=O) groups excluding carboxylic acids is 2. The van der Waals surface area contributed by atoms with E-state index in [1.807, 2.05) is 38.1 Å². The number of aryl methyl sites for hydroxylation is 1. The number of hydrogen-bond donors (Lipinski definition) is 1. The van der Waals surface area contributed by atoms with E-state index in [0.717, 1.165) is 11.1 Å². The van der Waals surface area contributed by atoms with Gasteiger partial charge in [-0.3, -0.25) is 4.79 Å². The lowest BCUT2D eigenvalue weighted by Gasteiger charge is -2.19. The zero-order valence-corrected chi connectivity index (χ0v) is 15.4. The average molecular weight is 343 g/mol. The SMILES string of the molecule is C/C(C#Cc1ccc(C)cc1)=C\COC(=O)CNC(=O)OC(C)(C)C. The van der Waals surface area contributed by atoms with Crippen molar-refractivity contribution >= 4 is 12.1 Å². The first-order valence-electron chi connectivity index (χ1n) is 8.03. The fraction of sp³-hybridized carbons (Fsp3) is 0.400. The van der Waals surface area contributed by atoms with Crippen molar-refractivity contribution in [2.45, 2.75) is 40.2 Å². The quantitative estimate of drug-likeness (QED) is 0.672. The van der Waals surface area contributed by atoms with E-state index in [-0.39, 0.29) is 13.2 Å². The molecule has 1 aromatic carbocycles. The number of amides is 1. The van der Waals surface area contributed by atoms with Crippen molar-refractivity contribution in [3.05, 3.63) is 47.0 Å². The molecule has 0 aromatic heterocycles. The minimum absolute atomic E-state index is 0.100. The van der Waals surface area contributed by atoms with Gasteiger partial charge in [0.15, 0.2) is 0 Å². The summed E-state index contributed by atoms with van der Waals surface area (Å²) in [5.41, 5.74) is 2.30. The summed E-state index contributed by atoms with van der Waals surface area (Å²) >= 11 is 0. The van der Waals surface area contributed by atoms with Gasteiger partial charge in [0.1, 0.15) is 18.8 Å². The highest BCUT2D eigenvalue weighted by molar-refractivity contribution is 5.78. The van der Waals surface area contributed by atoms with E-state index in [1.165, 1.54) is 5.56 Å². The molecular formula is C20H25NO4. The Hall–Kier alpha value is -2.74. The summed E-state index contributed by atoms with van der Waals surface area (Å²) in [6.07, 6.45) is 1.06. The lowest BCUT2D eigenvalue weighted by Crippen LogP contribution is -2.36. The van der Waals surface area contributed by atoms with Gasteiger partial charge in [0.05, 0.1) is 0 Å². The maximum Gasteiger partial charge on any atom is 0.408 e. The Labute approximate surface area is 149 Å². The molecule has 0 aliphatic heterocycles. The number of alkyl carbamates (subject to hydrolysis) is 1. The summed E-state index contributed by atoms with van der Waals surface area (Å²) in [5.74, 6) is 5.50. The number of ether oxygens (including phenoxy) is 2. The van der Waals surface area contributed by atoms with Crippen LogP contribution < -0.4 is 5.32 Å². The third-order valence-electron chi connectivity index (χ3n) is 2.87. The molecule has 1 amide bonds. The van der Waals surface area contributed by atoms with Gasteiger partial charge >= 0.3 is 12.1 Å². The van der Waals surface area contributed by atoms with E-state index in [0.29, 0.717) is 0 Å². The summed E-state index contributed by atoms with van der Waals surface area (Å²) in [5, 5.41) is 2.34. The molecular weight excluding hydrogens is 318 g/mol. The normalized spacial score (nSPS) is 11.2. The van der Waals surface area contributed by atoms with Gasteiger partial charge in [-0.15, -0.1) is 0 Å². The molecule has 5 nitrogen and oxygen atoms in total. The molecule has 25 heavy (non-hydrogen) atoms. The number of hydrogen-bond acceptors (Lipinski definition) is 4. The van der Waals surface area contributed by atoms with Crippen molar-refractivity contribution in [2.75, 3.05) is 13.2 Å². The Morgan fingerprint density at radius 1 is 1.20 bits per heavy atom. The van der Waals surface area contributed by atoms with Crippen molar-refractivity contribution in [2.24, 2.45) is 0 Å². The molecule has 134 valence electrons. The number of benzene rings is 1. The highest BCUT2D eigenvalue weighted by Crippen LogP contribution is 2.06. The molecule has 1 rings (SSSR count). The second-order valence-electron chi connectivity index (χ2n) is 6.54. The minimum Gasteiger partial charge on any atom is -0.460 e. The molecule has 0 unspecified atom stereocenters. The molecule has 0 spiro atoms. The predicted octanol–water partition coefficient (Wildman–Crippen LogP) is 3.36. The van der Waals surface area contributed by atoms with Crippen LogP contribution >= 0.6 is 0 Å². The molecule has 0 bridgehead atoms. The van der Waals surface area contributed by atoms with Crippen LogP contribution in [0.1, 0.15) is 38.8 Å². The molecule has 0 aliphatic rings. The predicted molar refractivity (Wildman–Crippen MR) is 97.0 cm³/mol. The summed E-state index contributed by atoms with van der Waals surface area (Å²) in [4.78, 5) is 23.0. The number of esters is 1. The average Bonchev–Trinajstić information content (AvgIpc) is 2.51. The zero-order chi connectivity index (χ0) is 18.9. The van der Waals surface area contributed by atoms with Crippen molar-refractivity contribution < 1.29 is 19.1 Å². The van der Waals surface area contributed by atoms with Gasteiger partial charge in [-0.25, -0.2) is 4.79 Å². The van der Waals surface area contributed by atoms with Crippen LogP contribution in [-0.4, -0.2) is 30.8 Å². The van der Waals surface area contributed by atoms with Crippen molar-refractivity contribution in [3.63, 3.8) is 0 Å². The van der Waals surface area contributed by atoms with Crippen LogP contribution in [0.3, 0.4) is 0 Å². The largest absolute Gasteiger partial charge is 0.460 e. The van der Waals surface area contributed by atoms with E-state index in [2.05, 4.69) is 17.2 Å². The van der Waals surface area contributed by atoms with Crippen LogP contribution in [0.25, 0.3) is 0 Å². The van der Waals surface area contributed by atoms with E-state index < -0.39 is 17.7 Å². The standard InChI is InChI=1S/C20H25NO4/c1-15-6-9-17(10-7-15)11-8-16(2)12-13-24-18(22)14-21-19(23)25-20(3,4)5/h6-7,9-10,12H,13-14H2,1-5H3,(H,21,23)/b16-12+. The second-order valence-corrected chi connectivity index (χ2v) is 6.54. The van der Waals surface area contributed by atoms with Gasteiger partial charge in [0.2, 0.25) is 0 Å².